The fourth-order valence-corrected chi connectivity index (χ4v) is 1.63. The second-order valence-electron chi connectivity index (χ2n) is 3.62. The van der Waals surface area contributed by atoms with E-state index in [0.29, 0.717) is 0 Å². The molecule has 2 N–H and O–H groups in total. The molecule has 0 bridgehead atoms. The second-order valence-corrected chi connectivity index (χ2v) is 3.93. The lowest BCUT2D eigenvalue weighted by Crippen LogP contribution is -2.23. The van der Waals surface area contributed by atoms with Crippen molar-refractivity contribution in [1.29, 1.82) is 0 Å². The molecule has 2 unspecified atom stereocenters. The van der Waals surface area contributed by atoms with E-state index >= 15 is 0 Å². The number of aliphatic hydroxyl groups excluding tert-OH is 2. The summed E-state index contributed by atoms with van der Waals surface area (Å²) < 4.78 is 43.1. The molecule has 2 atom stereocenters. The topological polar surface area (TPSA) is 49.7 Å². The van der Waals surface area contributed by atoms with Crippen molar-refractivity contribution in [1.82, 2.24) is 0 Å². The van der Waals surface area contributed by atoms with Gasteiger partial charge in [0.15, 0.2) is 0 Å². The zero-order chi connectivity index (χ0) is 13.9. The van der Waals surface area contributed by atoms with E-state index < -0.39 is 29.5 Å². The molecule has 0 heterocycles. The average Bonchev–Trinajstić information content (AvgIpc) is 2.35. The van der Waals surface area contributed by atoms with Crippen LogP contribution in [0.4, 0.5) is 13.2 Å². The first-order valence-corrected chi connectivity index (χ1v) is 5.52. The Morgan fingerprint density at radius 1 is 1.33 bits per heavy atom. The number of ether oxygens (including phenoxy) is 1. The van der Waals surface area contributed by atoms with Crippen LogP contribution < -0.4 is 4.74 Å². The fraction of sp³-hybridized carbons (Fsp3) is 0.455. The summed E-state index contributed by atoms with van der Waals surface area (Å²) in [4.78, 5) is 0. The molecule has 18 heavy (non-hydrogen) atoms. The smallest absolute Gasteiger partial charge is 0.416 e. The van der Waals surface area contributed by atoms with Gasteiger partial charge in [0.25, 0.3) is 0 Å². The third-order valence-corrected chi connectivity index (χ3v) is 2.72. The van der Waals surface area contributed by atoms with Gasteiger partial charge < -0.3 is 14.9 Å². The molecule has 0 saturated heterocycles. The highest BCUT2D eigenvalue weighted by Crippen LogP contribution is 2.37. The van der Waals surface area contributed by atoms with Gasteiger partial charge in [-0.05, 0) is 17.7 Å². The first-order chi connectivity index (χ1) is 8.31. The van der Waals surface area contributed by atoms with Gasteiger partial charge in [0, 0.05) is 0 Å². The van der Waals surface area contributed by atoms with E-state index in [4.69, 9.17) is 16.3 Å². The molecule has 0 spiro atoms. The third kappa shape index (κ3) is 3.28. The summed E-state index contributed by atoms with van der Waals surface area (Å²) in [7, 11) is 1.24. The molecule has 1 aromatic rings. The van der Waals surface area contributed by atoms with Gasteiger partial charge in [0.05, 0.1) is 24.7 Å². The number of aliphatic hydroxyl groups is 2. The van der Waals surface area contributed by atoms with Crippen molar-refractivity contribution in [3.05, 3.63) is 29.3 Å². The van der Waals surface area contributed by atoms with Crippen LogP contribution in [0.2, 0.25) is 0 Å². The molecule has 0 saturated carbocycles. The van der Waals surface area contributed by atoms with Crippen LogP contribution >= 0.6 is 11.6 Å². The van der Waals surface area contributed by atoms with Crippen LogP contribution in [-0.2, 0) is 6.18 Å². The van der Waals surface area contributed by atoms with Gasteiger partial charge in [-0.15, -0.1) is 11.6 Å². The van der Waals surface area contributed by atoms with Gasteiger partial charge in [-0.3, -0.25) is 0 Å². The monoisotopic (exact) mass is 284 g/mol. The maximum atomic E-state index is 12.8. The number of hydrogen-bond donors (Lipinski definition) is 2. The molecule has 0 aromatic heterocycles. The van der Waals surface area contributed by atoms with Gasteiger partial charge >= 0.3 is 6.18 Å². The second kappa shape index (κ2) is 5.77. The van der Waals surface area contributed by atoms with Crippen LogP contribution in [0.5, 0.6) is 5.75 Å². The summed E-state index contributed by atoms with van der Waals surface area (Å²) in [6.07, 6.45) is -7.83. The summed E-state index contributed by atoms with van der Waals surface area (Å²) in [5.41, 5.74) is -1.49. The van der Waals surface area contributed by atoms with E-state index in [-0.39, 0.29) is 11.6 Å². The van der Waals surface area contributed by atoms with E-state index in [1.54, 1.807) is 0 Å². The van der Waals surface area contributed by atoms with Crippen LogP contribution in [0.15, 0.2) is 18.2 Å². The maximum absolute atomic E-state index is 12.8. The minimum Gasteiger partial charge on any atom is -0.497 e. The zero-order valence-corrected chi connectivity index (χ0v) is 10.2. The van der Waals surface area contributed by atoms with Crippen molar-refractivity contribution < 1.29 is 28.1 Å². The molecule has 1 rings (SSSR count). The van der Waals surface area contributed by atoms with E-state index in [0.717, 1.165) is 12.1 Å². The molecule has 3 nitrogen and oxygen atoms in total. The molecule has 0 aliphatic carbocycles. The number of benzene rings is 1. The zero-order valence-electron chi connectivity index (χ0n) is 9.41. The van der Waals surface area contributed by atoms with Crippen molar-refractivity contribution in [3.63, 3.8) is 0 Å². The van der Waals surface area contributed by atoms with Crippen LogP contribution in [0.25, 0.3) is 0 Å². The Morgan fingerprint density at radius 2 is 1.94 bits per heavy atom. The third-order valence-electron chi connectivity index (χ3n) is 2.41. The highest BCUT2D eigenvalue weighted by molar-refractivity contribution is 6.18. The number of alkyl halides is 4. The van der Waals surface area contributed by atoms with Gasteiger partial charge in [-0.2, -0.15) is 13.2 Å². The summed E-state index contributed by atoms with van der Waals surface area (Å²) in [6, 6.07) is 3.09. The number of methoxy groups -OCH3 is 1. The largest absolute Gasteiger partial charge is 0.497 e. The van der Waals surface area contributed by atoms with E-state index in [9.17, 15) is 23.4 Å². The van der Waals surface area contributed by atoms with E-state index in [1.165, 1.54) is 13.2 Å². The predicted molar refractivity (Wildman–Crippen MR) is 59.7 cm³/mol. The van der Waals surface area contributed by atoms with Crippen LogP contribution in [0.1, 0.15) is 17.2 Å². The van der Waals surface area contributed by atoms with Crippen LogP contribution in [-0.4, -0.2) is 29.3 Å². The van der Waals surface area contributed by atoms with Gasteiger partial charge in [0.1, 0.15) is 11.9 Å². The lowest BCUT2D eigenvalue weighted by atomic mass is 9.98. The fourth-order valence-electron chi connectivity index (χ4n) is 1.46. The Balaban J connectivity index is 3.26. The van der Waals surface area contributed by atoms with Gasteiger partial charge in [-0.1, -0.05) is 6.07 Å². The van der Waals surface area contributed by atoms with Crippen LogP contribution in [0, 0.1) is 0 Å². The Labute approximate surface area is 107 Å². The quantitative estimate of drug-likeness (QED) is 0.835. The van der Waals surface area contributed by atoms with Crippen molar-refractivity contribution >= 4 is 11.6 Å². The summed E-state index contributed by atoms with van der Waals surface area (Å²) in [5.74, 6) is -0.358. The van der Waals surface area contributed by atoms with E-state index in [2.05, 4.69) is 0 Å². The molecule has 0 aliphatic rings. The molecular weight excluding hydrogens is 273 g/mol. The Bertz CT molecular complexity index is 409. The molecule has 0 aliphatic heterocycles. The lowest BCUT2D eigenvalue weighted by molar-refractivity contribution is -0.139. The molecule has 0 radical (unpaired) electrons. The maximum Gasteiger partial charge on any atom is 0.416 e. The Kier molecular flexibility index (Phi) is 4.84. The van der Waals surface area contributed by atoms with Crippen molar-refractivity contribution in [2.24, 2.45) is 0 Å². The molecule has 0 fully saturated rings. The summed E-state index contributed by atoms with van der Waals surface area (Å²) in [6.45, 7) is 0. The summed E-state index contributed by atoms with van der Waals surface area (Å²) in [5, 5.41) is 18.9. The SMILES string of the molecule is COc1ccc(C(O)C(O)CCl)c(C(F)(F)F)c1. The lowest BCUT2D eigenvalue weighted by Gasteiger charge is -2.21. The van der Waals surface area contributed by atoms with Crippen molar-refractivity contribution in [2.75, 3.05) is 13.0 Å². The predicted octanol–water partition coefficient (Wildman–Crippen LogP) is 2.35. The molecule has 102 valence electrons. The minimum atomic E-state index is -4.66. The van der Waals surface area contributed by atoms with E-state index in [1.807, 2.05) is 0 Å². The average molecular weight is 285 g/mol. The highest BCUT2D eigenvalue weighted by Gasteiger charge is 2.36. The van der Waals surface area contributed by atoms with Crippen LogP contribution in [0.3, 0.4) is 0 Å². The molecular formula is C11H12ClF3O3. The minimum absolute atomic E-state index is 0.0126. The number of rotatable bonds is 4. The van der Waals surface area contributed by atoms with Gasteiger partial charge in [-0.25, -0.2) is 0 Å². The Morgan fingerprint density at radius 3 is 2.39 bits per heavy atom. The highest BCUT2D eigenvalue weighted by atomic mass is 35.5. The standard InChI is InChI=1S/C11H12ClF3O3/c1-18-6-2-3-7(10(17)9(16)5-12)8(4-6)11(13,14)15/h2-4,9-10,16-17H,5H2,1H3. The first-order valence-electron chi connectivity index (χ1n) is 4.98. The summed E-state index contributed by atoms with van der Waals surface area (Å²) >= 11 is 5.31. The Hall–Kier alpha value is -0.980. The molecule has 7 heteroatoms. The van der Waals surface area contributed by atoms with Gasteiger partial charge in [0.2, 0.25) is 0 Å². The number of halogens is 4. The van der Waals surface area contributed by atoms with Crippen molar-refractivity contribution in [3.8, 4) is 5.75 Å². The number of hydrogen-bond acceptors (Lipinski definition) is 3. The normalized spacial score (nSPS) is 15.3. The molecule has 1 aromatic carbocycles. The first kappa shape index (κ1) is 15.1. The molecule has 0 amide bonds. The van der Waals surface area contributed by atoms with Crippen molar-refractivity contribution in [2.45, 2.75) is 18.4 Å².